The summed E-state index contributed by atoms with van der Waals surface area (Å²) in [5, 5.41) is 11.0. The van der Waals surface area contributed by atoms with E-state index in [2.05, 4.69) is 9.97 Å². The maximum Gasteiger partial charge on any atom is 0.251 e. The number of rotatable bonds is 4. The second-order valence-electron chi connectivity index (χ2n) is 5.34. The van der Waals surface area contributed by atoms with Crippen molar-refractivity contribution in [3.8, 4) is 11.9 Å². The molecule has 1 fully saturated rings. The average molecular weight is 340 g/mol. The van der Waals surface area contributed by atoms with E-state index in [1.807, 2.05) is 29.7 Å². The normalized spacial score (nSPS) is 17.6. The molecule has 1 atom stereocenters. The van der Waals surface area contributed by atoms with Crippen LogP contribution in [-0.4, -0.2) is 40.0 Å². The van der Waals surface area contributed by atoms with Crippen LogP contribution in [-0.2, 0) is 4.79 Å². The first-order chi connectivity index (χ1) is 11.8. The largest absolute Gasteiger partial charge is 0.470 e. The number of carbonyl (C=O) groups excluding carboxylic acids is 1. The molecule has 1 unspecified atom stereocenters. The summed E-state index contributed by atoms with van der Waals surface area (Å²) >= 11 is 1.59. The number of carbonyl (C=O) groups is 1. The first kappa shape index (κ1) is 16.1. The quantitative estimate of drug-likeness (QED) is 0.799. The van der Waals surface area contributed by atoms with Crippen LogP contribution in [0.5, 0.6) is 5.88 Å². The molecule has 3 heterocycles. The number of aromatic nitrogens is 2. The molecule has 0 N–H and O–H groups in total. The van der Waals surface area contributed by atoms with E-state index >= 15 is 0 Å². The van der Waals surface area contributed by atoms with Crippen molar-refractivity contribution in [3.63, 3.8) is 0 Å². The SMILES string of the molecule is N#Cc1nccnc1OC1CCCN(C(=O)C=Cc2cccs2)C1. The van der Waals surface area contributed by atoms with Gasteiger partial charge < -0.3 is 9.64 Å². The van der Waals surface area contributed by atoms with E-state index in [1.54, 1.807) is 22.3 Å². The molecule has 0 radical (unpaired) electrons. The van der Waals surface area contributed by atoms with Gasteiger partial charge in [0.05, 0.1) is 6.54 Å². The Morgan fingerprint density at radius 3 is 3.12 bits per heavy atom. The van der Waals surface area contributed by atoms with Gasteiger partial charge in [0, 0.05) is 29.9 Å². The molecule has 1 aliphatic heterocycles. The van der Waals surface area contributed by atoms with Gasteiger partial charge in [-0.05, 0) is 30.4 Å². The van der Waals surface area contributed by atoms with Crippen LogP contribution in [0.25, 0.3) is 6.08 Å². The van der Waals surface area contributed by atoms with Gasteiger partial charge in [0.1, 0.15) is 12.2 Å². The minimum absolute atomic E-state index is 0.0312. The third-order valence-corrected chi connectivity index (χ3v) is 4.51. The molecule has 0 bridgehead atoms. The van der Waals surface area contributed by atoms with Gasteiger partial charge in [0.2, 0.25) is 11.6 Å². The molecule has 0 aromatic carbocycles. The molecule has 122 valence electrons. The number of nitriles is 1. The molecule has 2 aromatic rings. The van der Waals surface area contributed by atoms with Crippen LogP contribution < -0.4 is 4.74 Å². The predicted molar refractivity (Wildman–Crippen MR) is 90.3 cm³/mol. The van der Waals surface area contributed by atoms with Crippen LogP contribution in [0.2, 0.25) is 0 Å². The Morgan fingerprint density at radius 2 is 2.33 bits per heavy atom. The molecule has 0 spiro atoms. The van der Waals surface area contributed by atoms with Crippen LogP contribution >= 0.6 is 11.3 Å². The van der Waals surface area contributed by atoms with Crippen LogP contribution in [0.4, 0.5) is 0 Å². The highest BCUT2D eigenvalue weighted by atomic mass is 32.1. The highest BCUT2D eigenvalue weighted by Gasteiger charge is 2.25. The number of hydrogen-bond donors (Lipinski definition) is 0. The zero-order chi connectivity index (χ0) is 16.8. The van der Waals surface area contributed by atoms with Gasteiger partial charge in [-0.15, -0.1) is 11.3 Å². The number of thiophene rings is 1. The lowest BCUT2D eigenvalue weighted by molar-refractivity contribution is -0.128. The van der Waals surface area contributed by atoms with Crippen molar-refractivity contribution >= 4 is 23.3 Å². The van der Waals surface area contributed by atoms with E-state index in [4.69, 9.17) is 10.00 Å². The molecular weight excluding hydrogens is 324 g/mol. The van der Waals surface area contributed by atoms with Gasteiger partial charge >= 0.3 is 0 Å². The van der Waals surface area contributed by atoms with E-state index in [0.717, 1.165) is 17.7 Å². The zero-order valence-electron chi connectivity index (χ0n) is 13.0. The fourth-order valence-electron chi connectivity index (χ4n) is 2.53. The van der Waals surface area contributed by atoms with Gasteiger partial charge in [0.15, 0.2) is 0 Å². The smallest absolute Gasteiger partial charge is 0.251 e. The minimum atomic E-state index is -0.179. The third-order valence-electron chi connectivity index (χ3n) is 3.67. The fourth-order valence-corrected chi connectivity index (χ4v) is 3.14. The zero-order valence-corrected chi connectivity index (χ0v) is 13.8. The van der Waals surface area contributed by atoms with Crippen LogP contribution in [0.15, 0.2) is 36.0 Å². The number of nitrogens with zero attached hydrogens (tertiary/aromatic N) is 4. The Labute approximate surface area is 144 Å². The Bertz CT molecular complexity index is 767. The summed E-state index contributed by atoms with van der Waals surface area (Å²) in [6.45, 7) is 1.19. The minimum Gasteiger partial charge on any atom is -0.470 e. The fraction of sp³-hybridized carbons (Fsp3) is 0.294. The number of piperidine rings is 1. The summed E-state index contributed by atoms with van der Waals surface area (Å²) in [7, 11) is 0. The Morgan fingerprint density at radius 1 is 1.46 bits per heavy atom. The summed E-state index contributed by atoms with van der Waals surface area (Å²) in [5.74, 6) is 0.199. The van der Waals surface area contributed by atoms with Gasteiger partial charge in [-0.3, -0.25) is 4.79 Å². The molecular formula is C17H16N4O2S. The molecule has 1 saturated heterocycles. The molecule has 6 nitrogen and oxygen atoms in total. The number of hydrogen-bond acceptors (Lipinski definition) is 6. The standard InChI is InChI=1S/C17H16N4O2S/c18-11-15-17(20-8-7-19-15)23-13-3-1-9-21(12-13)16(22)6-5-14-4-2-10-24-14/h2,4-8,10,13H,1,3,9,12H2. The van der Waals surface area contributed by atoms with Gasteiger partial charge in [0.25, 0.3) is 5.88 Å². The molecule has 3 rings (SSSR count). The molecule has 0 saturated carbocycles. The van der Waals surface area contributed by atoms with Crippen molar-refractivity contribution in [2.24, 2.45) is 0 Å². The van der Waals surface area contributed by atoms with E-state index in [1.165, 1.54) is 12.4 Å². The average Bonchev–Trinajstić information content (AvgIpc) is 3.14. The molecule has 24 heavy (non-hydrogen) atoms. The maximum atomic E-state index is 12.3. The lowest BCUT2D eigenvalue weighted by Crippen LogP contribution is -2.43. The Kier molecular flexibility index (Phi) is 5.18. The molecule has 2 aromatic heterocycles. The van der Waals surface area contributed by atoms with Crippen LogP contribution in [0.1, 0.15) is 23.4 Å². The molecule has 7 heteroatoms. The Balaban J connectivity index is 1.62. The van der Waals surface area contributed by atoms with Crippen molar-refractivity contribution in [1.29, 1.82) is 5.26 Å². The third kappa shape index (κ3) is 3.97. The second kappa shape index (κ2) is 7.70. The van der Waals surface area contributed by atoms with Crippen molar-refractivity contribution in [1.82, 2.24) is 14.9 Å². The Hall–Kier alpha value is -2.72. The molecule has 1 aliphatic rings. The summed E-state index contributed by atoms with van der Waals surface area (Å²) in [6.07, 6.45) is 7.86. The highest BCUT2D eigenvalue weighted by Crippen LogP contribution is 2.19. The number of amides is 1. The molecule has 1 amide bonds. The first-order valence-corrected chi connectivity index (χ1v) is 8.52. The van der Waals surface area contributed by atoms with E-state index < -0.39 is 0 Å². The summed E-state index contributed by atoms with van der Waals surface area (Å²) in [4.78, 5) is 23.1. The summed E-state index contributed by atoms with van der Waals surface area (Å²) in [5.41, 5.74) is 0.165. The van der Waals surface area contributed by atoms with Crippen LogP contribution in [0, 0.1) is 11.3 Å². The lowest BCUT2D eigenvalue weighted by Gasteiger charge is -2.32. The summed E-state index contributed by atoms with van der Waals surface area (Å²) < 4.78 is 5.80. The maximum absolute atomic E-state index is 12.3. The highest BCUT2D eigenvalue weighted by molar-refractivity contribution is 7.10. The van der Waals surface area contributed by atoms with Crippen molar-refractivity contribution in [2.75, 3.05) is 13.1 Å². The number of likely N-dealkylation sites (tertiary alicyclic amines) is 1. The summed E-state index contributed by atoms with van der Waals surface area (Å²) in [6, 6.07) is 5.88. The lowest BCUT2D eigenvalue weighted by atomic mass is 10.1. The van der Waals surface area contributed by atoms with Crippen molar-refractivity contribution < 1.29 is 9.53 Å². The monoisotopic (exact) mass is 340 g/mol. The van der Waals surface area contributed by atoms with E-state index in [9.17, 15) is 4.79 Å². The van der Waals surface area contributed by atoms with Crippen molar-refractivity contribution in [2.45, 2.75) is 18.9 Å². The first-order valence-electron chi connectivity index (χ1n) is 7.64. The van der Waals surface area contributed by atoms with Gasteiger partial charge in [-0.1, -0.05) is 6.07 Å². The van der Waals surface area contributed by atoms with Crippen LogP contribution in [0.3, 0.4) is 0 Å². The number of ether oxygens (including phenoxy) is 1. The predicted octanol–water partition coefficient (Wildman–Crippen LogP) is 2.49. The van der Waals surface area contributed by atoms with E-state index in [-0.39, 0.29) is 23.6 Å². The second-order valence-corrected chi connectivity index (χ2v) is 6.32. The van der Waals surface area contributed by atoms with Gasteiger partial charge in [-0.25, -0.2) is 9.97 Å². The topological polar surface area (TPSA) is 79.1 Å². The van der Waals surface area contributed by atoms with Crippen molar-refractivity contribution in [3.05, 3.63) is 46.6 Å². The van der Waals surface area contributed by atoms with Gasteiger partial charge in [-0.2, -0.15) is 5.26 Å². The molecule has 0 aliphatic carbocycles. The van der Waals surface area contributed by atoms with E-state index in [0.29, 0.717) is 13.1 Å².